The molecule has 3 nitrogen and oxygen atoms in total. The summed E-state index contributed by atoms with van der Waals surface area (Å²) >= 11 is 0. The maximum atomic E-state index is 12.1. The number of fused-ring (bicyclic) bond motifs is 5. The van der Waals surface area contributed by atoms with Gasteiger partial charge in [0.05, 0.1) is 6.10 Å². The molecule has 7 atom stereocenters. The Bertz CT molecular complexity index is 511. The number of aliphatic hydroxyl groups is 1. The summed E-state index contributed by atoms with van der Waals surface area (Å²) in [5.74, 6) is 2.84. The Hall–Kier alpha value is -0.670. The zero-order valence-corrected chi connectivity index (χ0v) is 13.8. The van der Waals surface area contributed by atoms with Crippen molar-refractivity contribution in [3.63, 3.8) is 0 Å². The zero-order valence-electron chi connectivity index (χ0n) is 13.8. The van der Waals surface area contributed by atoms with Crippen molar-refractivity contribution in [3.8, 4) is 0 Å². The summed E-state index contributed by atoms with van der Waals surface area (Å²) < 4.78 is 5.42. The Balaban J connectivity index is 1.62. The van der Waals surface area contributed by atoms with Gasteiger partial charge in [-0.3, -0.25) is 4.79 Å². The van der Waals surface area contributed by atoms with Crippen molar-refractivity contribution >= 4 is 5.78 Å². The van der Waals surface area contributed by atoms with Crippen LogP contribution in [0.5, 0.6) is 0 Å². The Morgan fingerprint density at radius 3 is 2.82 bits per heavy atom. The molecule has 122 valence electrons. The van der Waals surface area contributed by atoms with Crippen LogP contribution in [-0.4, -0.2) is 30.2 Å². The van der Waals surface area contributed by atoms with Crippen LogP contribution in [0.15, 0.2) is 11.6 Å². The lowest BCUT2D eigenvalue weighted by Gasteiger charge is -2.53. The fourth-order valence-corrected chi connectivity index (χ4v) is 6.34. The molecule has 0 aliphatic heterocycles. The number of rotatable bonds is 1. The second-order valence-corrected chi connectivity index (χ2v) is 8.30. The van der Waals surface area contributed by atoms with E-state index in [9.17, 15) is 9.90 Å². The number of allylic oxidation sites excluding steroid dienone is 1. The van der Waals surface area contributed by atoms with E-state index in [1.807, 2.05) is 6.08 Å². The molecule has 0 spiro atoms. The lowest BCUT2D eigenvalue weighted by molar-refractivity contribution is -0.127. The first kappa shape index (κ1) is 14.9. The van der Waals surface area contributed by atoms with Gasteiger partial charge in [0.1, 0.15) is 6.10 Å². The third-order valence-corrected chi connectivity index (χ3v) is 7.60. The van der Waals surface area contributed by atoms with Crippen LogP contribution in [0.25, 0.3) is 0 Å². The molecule has 0 aromatic carbocycles. The number of methoxy groups -OCH3 is 1. The Morgan fingerprint density at radius 1 is 1.23 bits per heavy atom. The van der Waals surface area contributed by atoms with Gasteiger partial charge in [0.2, 0.25) is 0 Å². The van der Waals surface area contributed by atoms with Crippen molar-refractivity contribution in [3.05, 3.63) is 11.6 Å². The van der Waals surface area contributed by atoms with Crippen molar-refractivity contribution in [2.75, 3.05) is 7.11 Å². The summed E-state index contributed by atoms with van der Waals surface area (Å²) in [6.07, 6.45) is 9.28. The van der Waals surface area contributed by atoms with Crippen LogP contribution in [0.1, 0.15) is 51.9 Å². The molecular weight excluding hydrogens is 276 g/mol. The predicted octanol–water partition coefficient (Wildman–Crippen LogP) is 3.11. The van der Waals surface area contributed by atoms with Crippen LogP contribution in [0, 0.1) is 29.1 Å². The monoisotopic (exact) mass is 304 g/mol. The van der Waals surface area contributed by atoms with Gasteiger partial charge in [-0.05, 0) is 80.1 Å². The molecule has 4 aliphatic carbocycles. The third kappa shape index (κ3) is 1.98. The highest BCUT2D eigenvalue weighted by Gasteiger charge is 2.56. The number of ketones is 1. The SMILES string of the molecule is COC1C[C@@H]2C(=CC1=O)CCC1C2CC[C@@]2(C)C1CC[C@@H]2O. The minimum absolute atomic E-state index is 0.102. The van der Waals surface area contributed by atoms with Crippen LogP contribution >= 0.6 is 0 Å². The predicted molar refractivity (Wildman–Crippen MR) is 84.3 cm³/mol. The molecule has 0 heterocycles. The van der Waals surface area contributed by atoms with Crippen LogP contribution in [0.4, 0.5) is 0 Å². The smallest absolute Gasteiger partial charge is 0.184 e. The maximum Gasteiger partial charge on any atom is 0.184 e. The van der Waals surface area contributed by atoms with E-state index < -0.39 is 0 Å². The molecule has 1 N–H and O–H groups in total. The zero-order chi connectivity index (χ0) is 15.5. The van der Waals surface area contributed by atoms with E-state index in [1.54, 1.807) is 7.11 Å². The summed E-state index contributed by atoms with van der Waals surface area (Å²) in [6.45, 7) is 2.32. The summed E-state index contributed by atoms with van der Waals surface area (Å²) in [7, 11) is 1.66. The molecule has 0 aromatic rings. The number of hydrogen-bond acceptors (Lipinski definition) is 3. The molecule has 22 heavy (non-hydrogen) atoms. The van der Waals surface area contributed by atoms with Crippen molar-refractivity contribution in [2.45, 2.75) is 64.1 Å². The fourth-order valence-electron chi connectivity index (χ4n) is 6.34. The highest BCUT2D eigenvalue weighted by atomic mass is 16.5. The van der Waals surface area contributed by atoms with Gasteiger partial charge in [-0.2, -0.15) is 0 Å². The average molecular weight is 304 g/mol. The van der Waals surface area contributed by atoms with Crippen LogP contribution in [-0.2, 0) is 9.53 Å². The molecule has 0 bridgehead atoms. The van der Waals surface area contributed by atoms with Gasteiger partial charge in [0, 0.05) is 7.11 Å². The second-order valence-electron chi connectivity index (χ2n) is 8.30. The molecule has 4 aliphatic rings. The summed E-state index contributed by atoms with van der Waals surface area (Å²) in [4.78, 5) is 12.1. The highest BCUT2D eigenvalue weighted by Crippen LogP contribution is 2.61. The minimum atomic E-state index is -0.227. The lowest BCUT2D eigenvalue weighted by atomic mass is 9.52. The van der Waals surface area contributed by atoms with E-state index in [-0.39, 0.29) is 23.4 Å². The maximum absolute atomic E-state index is 12.1. The van der Waals surface area contributed by atoms with E-state index in [1.165, 1.54) is 24.8 Å². The summed E-state index contributed by atoms with van der Waals surface area (Å²) in [5, 5.41) is 10.4. The van der Waals surface area contributed by atoms with Crippen LogP contribution < -0.4 is 0 Å². The molecular formula is C19H28O3. The Morgan fingerprint density at radius 2 is 2.05 bits per heavy atom. The van der Waals surface area contributed by atoms with Gasteiger partial charge in [-0.1, -0.05) is 12.5 Å². The molecule has 0 radical (unpaired) electrons. The Labute approximate surface area is 133 Å². The molecule has 3 fully saturated rings. The van der Waals surface area contributed by atoms with Gasteiger partial charge in [0.15, 0.2) is 5.78 Å². The molecule has 0 saturated heterocycles. The number of ether oxygens (including phenoxy) is 1. The van der Waals surface area contributed by atoms with Crippen molar-refractivity contribution < 1.29 is 14.6 Å². The van der Waals surface area contributed by atoms with E-state index in [0.29, 0.717) is 17.8 Å². The quantitative estimate of drug-likeness (QED) is 0.809. The third-order valence-electron chi connectivity index (χ3n) is 7.60. The molecule has 3 heteroatoms. The van der Waals surface area contributed by atoms with Gasteiger partial charge in [-0.15, -0.1) is 0 Å². The largest absolute Gasteiger partial charge is 0.393 e. The van der Waals surface area contributed by atoms with Crippen molar-refractivity contribution in [1.82, 2.24) is 0 Å². The molecule has 4 rings (SSSR count). The number of hydrogen-bond donors (Lipinski definition) is 1. The van der Waals surface area contributed by atoms with Crippen LogP contribution in [0.2, 0.25) is 0 Å². The Kier molecular flexibility index (Phi) is 3.50. The minimum Gasteiger partial charge on any atom is -0.393 e. The second kappa shape index (κ2) is 5.17. The van der Waals surface area contributed by atoms with Crippen molar-refractivity contribution in [2.24, 2.45) is 29.1 Å². The first-order valence-corrected chi connectivity index (χ1v) is 8.99. The van der Waals surface area contributed by atoms with Crippen molar-refractivity contribution in [1.29, 1.82) is 0 Å². The van der Waals surface area contributed by atoms with Gasteiger partial charge in [0.25, 0.3) is 0 Å². The van der Waals surface area contributed by atoms with Gasteiger partial charge >= 0.3 is 0 Å². The number of carbonyl (C=O) groups excluding carboxylic acids is 1. The van der Waals surface area contributed by atoms with E-state index in [0.717, 1.165) is 31.6 Å². The molecule has 3 saturated carbocycles. The molecule has 0 aromatic heterocycles. The van der Waals surface area contributed by atoms with E-state index in [4.69, 9.17) is 4.74 Å². The highest BCUT2D eigenvalue weighted by molar-refractivity contribution is 5.95. The molecule has 0 amide bonds. The summed E-state index contributed by atoms with van der Waals surface area (Å²) in [6, 6.07) is 0. The van der Waals surface area contributed by atoms with E-state index in [2.05, 4.69) is 6.92 Å². The topological polar surface area (TPSA) is 46.5 Å². The van der Waals surface area contributed by atoms with Gasteiger partial charge in [-0.25, -0.2) is 0 Å². The fraction of sp³-hybridized carbons (Fsp3) is 0.842. The average Bonchev–Trinajstić information content (AvgIpc) is 2.82. The summed E-state index contributed by atoms with van der Waals surface area (Å²) in [5.41, 5.74) is 1.54. The normalized spacial score (nSPS) is 50.9. The number of aliphatic hydroxyl groups excluding tert-OH is 1. The standard InChI is InChI=1S/C19H28O3/c1-19-8-7-12-13(15(19)5-6-18(19)21)4-3-11-9-16(20)17(22-2)10-14(11)12/h9,12-15,17-18,21H,3-8,10H2,1-2H3/t12?,13?,14-,15?,17?,18+,19+/m1/s1. The lowest BCUT2D eigenvalue weighted by Crippen LogP contribution is -2.48. The van der Waals surface area contributed by atoms with Crippen LogP contribution in [0.3, 0.4) is 0 Å². The number of carbonyl (C=O) groups is 1. The first-order valence-electron chi connectivity index (χ1n) is 8.99. The molecule has 4 unspecified atom stereocenters. The first-order chi connectivity index (χ1) is 10.5. The van der Waals surface area contributed by atoms with Gasteiger partial charge < -0.3 is 9.84 Å². The van der Waals surface area contributed by atoms with E-state index >= 15 is 0 Å².